The lowest BCUT2D eigenvalue weighted by molar-refractivity contribution is 0.0944. The van der Waals surface area contributed by atoms with Gasteiger partial charge in [-0.3, -0.25) is 14.2 Å². The van der Waals surface area contributed by atoms with Crippen molar-refractivity contribution in [3.63, 3.8) is 0 Å². The van der Waals surface area contributed by atoms with Gasteiger partial charge in [-0.05, 0) is 56.8 Å². The fraction of sp³-hybridized carbons (Fsp3) is 0.533. The molecule has 2 N–H and O–H groups in total. The lowest BCUT2D eigenvalue weighted by Gasteiger charge is -2.21. The lowest BCUT2D eigenvalue weighted by Crippen LogP contribution is -2.37. The van der Waals surface area contributed by atoms with Crippen LogP contribution in [0.5, 0.6) is 5.88 Å². The monoisotopic (exact) mass is 508 g/mol. The number of nitrogens with one attached hydrogen (secondary N) is 1. The first kappa shape index (κ1) is 17.7. The molecule has 2 aromatic rings. The number of amides is 1. The van der Waals surface area contributed by atoms with Crippen molar-refractivity contribution in [2.24, 2.45) is 5.41 Å². The second-order valence-electron chi connectivity index (χ2n) is 7.24. The van der Waals surface area contributed by atoms with Gasteiger partial charge in [0.15, 0.2) is 11.2 Å². The molecule has 9 heteroatoms. The van der Waals surface area contributed by atoms with Gasteiger partial charge in [-0.15, -0.1) is 0 Å². The van der Waals surface area contributed by atoms with Crippen molar-refractivity contribution in [3.05, 3.63) is 24.1 Å². The molecule has 0 spiro atoms. The highest BCUT2D eigenvalue weighted by molar-refractivity contribution is 14.1. The Morgan fingerprint density at radius 3 is 2.62 bits per heavy atom. The molecule has 24 heavy (non-hydrogen) atoms. The van der Waals surface area contributed by atoms with E-state index in [9.17, 15) is 14.7 Å². The molecule has 0 radical (unpaired) electrons. The molecule has 0 atom stereocenters. The number of hydrogen-bond donors (Lipinski definition) is 2. The quantitative estimate of drug-likeness (QED) is 0.623. The SMILES string of the molecule is CC(C)(C)Cn1c(=O)c(C(=O)NC2CC2)c(O)n2nc(I)c(Br)c12. The summed E-state index contributed by atoms with van der Waals surface area (Å²) in [6.07, 6.45) is 1.80. The van der Waals surface area contributed by atoms with Crippen LogP contribution in [-0.2, 0) is 6.54 Å². The van der Waals surface area contributed by atoms with Gasteiger partial charge in [0.1, 0.15) is 3.70 Å². The predicted molar refractivity (Wildman–Crippen MR) is 101 cm³/mol. The molecule has 0 aliphatic heterocycles. The number of aromatic nitrogens is 3. The van der Waals surface area contributed by atoms with E-state index in [2.05, 4.69) is 26.3 Å². The molecule has 1 saturated carbocycles. The minimum absolute atomic E-state index is 0.0903. The molecule has 3 rings (SSSR count). The summed E-state index contributed by atoms with van der Waals surface area (Å²) in [4.78, 5) is 25.4. The molecule has 130 valence electrons. The summed E-state index contributed by atoms with van der Waals surface area (Å²) in [5.41, 5.74) is -0.518. The average molecular weight is 509 g/mol. The van der Waals surface area contributed by atoms with E-state index < -0.39 is 17.3 Å². The maximum atomic E-state index is 13.0. The normalized spacial score (nSPS) is 15.0. The third-order valence-corrected chi connectivity index (χ3v) is 5.90. The molecule has 1 amide bonds. The van der Waals surface area contributed by atoms with Gasteiger partial charge in [-0.25, -0.2) is 0 Å². The summed E-state index contributed by atoms with van der Waals surface area (Å²) in [6, 6.07) is 0.0903. The van der Waals surface area contributed by atoms with E-state index in [-0.39, 0.29) is 17.0 Å². The molecule has 2 aromatic heterocycles. The highest BCUT2D eigenvalue weighted by atomic mass is 127. The van der Waals surface area contributed by atoms with Gasteiger partial charge < -0.3 is 10.4 Å². The van der Waals surface area contributed by atoms with E-state index in [1.54, 1.807) is 0 Å². The number of nitrogens with zero attached hydrogens (tertiary/aromatic N) is 3. The summed E-state index contributed by atoms with van der Waals surface area (Å²) in [5.74, 6) is -0.979. The standard InChI is InChI=1S/C15H18BrIN4O3/c1-15(2,3)6-20-12-9(16)10(17)19-21(12)14(24)8(13(20)23)11(22)18-7-4-5-7/h7,24H,4-6H2,1-3H3,(H,18,22). The van der Waals surface area contributed by atoms with Gasteiger partial charge >= 0.3 is 0 Å². The van der Waals surface area contributed by atoms with Crippen LogP contribution in [0.2, 0.25) is 0 Å². The van der Waals surface area contributed by atoms with Crippen LogP contribution in [0.25, 0.3) is 5.65 Å². The summed E-state index contributed by atoms with van der Waals surface area (Å²) in [7, 11) is 0. The maximum absolute atomic E-state index is 13.0. The summed E-state index contributed by atoms with van der Waals surface area (Å²) in [5, 5.41) is 17.5. The van der Waals surface area contributed by atoms with Crippen LogP contribution in [0.4, 0.5) is 0 Å². The first-order valence-corrected chi connectivity index (χ1v) is 9.47. The number of carbonyl (C=O) groups excluding carboxylic acids is 1. The molecule has 2 heterocycles. The second kappa shape index (κ2) is 6.01. The number of aromatic hydroxyl groups is 1. The van der Waals surface area contributed by atoms with E-state index in [0.29, 0.717) is 20.4 Å². The van der Waals surface area contributed by atoms with E-state index in [1.165, 1.54) is 9.08 Å². The van der Waals surface area contributed by atoms with E-state index in [4.69, 9.17) is 0 Å². The Bertz CT molecular complexity index is 893. The Morgan fingerprint density at radius 1 is 1.46 bits per heavy atom. The van der Waals surface area contributed by atoms with Gasteiger partial charge in [0.05, 0.1) is 4.47 Å². The van der Waals surface area contributed by atoms with Gasteiger partial charge in [0.25, 0.3) is 11.5 Å². The molecule has 0 aromatic carbocycles. The van der Waals surface area contributed by atoms with Crippen LogP contribution in [0.1, 0.15) is 44.0 Å². The Labute approximate surface area is 160 Å². The van der Waals surface area contributed by atoms with E-state index in [0.717, 1.165) is 12.8 Å². The van der Waals surface area contributed by atoms with Crippen molar-refractivity contribution < 1.29 is 9.90 Å². The van der Waals surface area contributed by atoms with Crippen LogP contribution < -0.4 is 10.9 Å². The van der Waals surface area contributed by atoms with Crippen LogP contribution in [0.3, 0.4) is 0 Å². The van der Waals surface area contributed by atoms with E-state index in [1.807, 2.05) is 43.4 Å². The Kier molecular flexibility index (Phi) is 4.44. The molecule has 1 aliphatic rings. The highest BCUT2D eigenvalue weighted by Crippen LogP contribution is 2.29. The van der Waals surface area contributed by atoms with Gasteiger partial charge in [0.2, 0.25) is 5.88 Å². The highest BCUT2D eigenvalue weighted by Gasteiger charge is 2.31. The number of rotatable bonds is 3. The van der Waals surface area contributed by atoms with Crippen LogP contribution >= 0.6 is 38.5 Å². The zero-order valence-electron chi connectivity index (χ0n) is 13.6. The summed E-state index contributed by atoms with van der Waals surface area (Å²) >= 11 is 5.44. The van der Waals surface area contributed by atoms with Gasteiger partial charge in [-0.1, -0.05) is 20.8 Å². The van der Waals surface area contributed by atoms with Gasteiger partial charge in [0, 0.05) is 12.6 Å². The Balaban J connectivity index is 2.29. The van der Waals surface area contributed by atoms with Crippen LogP contribution in [0, 0.1) is 9.12 Å². The van der Waals surface area contributed by atoms with Crippen molar-refractivity contribution in [3.8, 4) is 5.88 Å². The number of carbonyl (C=O) groups is 1. The lowest BCUT2D eigenvalue weighted by atomic mass is 9.97. The van der Waals surface area contributed by atoms with Gasteiger partial charge in [-0.2, -0.15) is 9.61 Å². The molecule has 0 saturated heterocycles. The van der Waals surface area contributed by atoms with Crippen molar-refractivity contribution in [2.45, 2.75) is 46.2 Å². The molecular formula is C15H18BrIN4O3. The smallest absolute Gasteiger partial charge is 0.270 e. The van der Waals surface area contributed by atoms with Crippen molar-refractivity contribution in [2.75, 3.05) is 0 Å². The molecule has 1 aliphatic carbocycles. The van der Waals surface area contributed by atoms with Crippen molar-refractivity contribution >= 4 is 50.1 Å². The zero-order chi connectivity index (χ0) is 17.8. The molecule has 0 unspecified atom stereocenters. The molecular weight excluding hydrogens is 491 g/mol. The average Bonchev–Trinajstić information content (AvgIpc) is 3.20. The Hall–Kier alpha value is -1.10. The number of fused-ring (bicyclic) bond motifs is 1. The van der Waals surface area contributed by atoms with Crippen LogP contribution in [-0.4, -0.2) is 31.2 Å². The summed E-state index contributed by atoms with van der Waals surface area (Å²) in [6.45, 7) is 6.39. The fourth-order valence-electron chi connectivity index (χ4n) is 2.48. The fourth-order valence-corrected chi connectivity index (χ4v) is 3.40. The molecule has 0 bridgehead atoms. The van der Waals surface area contributed by atoms with Crippen molar-refractivity contribution in [1.29, 1.82) is 0 Å². The van der Waals surface area contributed by atoms with Crippen molar-refractivity contribution in [1.82, 2.24) is 19.5 Å². The second-order valence-corrected chi connectivity index (χ2v) is 9.05. The minimum atomic E-state index is -0.550. The summed E-state index contributed by atoms with van der Waals surface area (Å²) < 4.78 is 3.97. The topological polar surface area (TPSA) is 88.6 Å². The first-order valence-electron chi connectivity index (χ1n) is 7.60. The van der Waals surface area contributed by atoms with Crippen LogP contribution in [0.15, 0.2) is 9.27 Å². The third kappa shape index (κ3) is 3.19. The number of hydrogen-bond acceptors (Lipinski definition) is 4. The maximum Gasteiger partial charge on any atom is 0.270 e. The molecule has 1 fully saturated rings. The Morgan fingerprint density at radius 2 is 2.08 bits per heavy atom. The third-order valence-electron chi connectivity index (χ3n) is 3.68. The number of halogens is 2. The minimum Gasteiger partial charge on any atom is -0.492 e. The van der Waals surface area contributed by atoms with E-state index >= 15 is 0 Å². The predicted octanol–water partition coefficient (Wildman–Crippen LogP) is 2.51. The molecule has 7 nitrogen and oxygen atoms in total. The largest absolute Gasteiger partial charge is 0.492 e. The zero-order valence-corrected chi connectivity index (χ0v) is 17.3. The first-order chi connectivity index (χ1) is 11.1.